The molecule has 0 amide bonds. The average molecular weight is 377 g/mol. The zero-order valence-corrected chi connectivity index (χ0v) is 16.8. The van der Waals surface area contributed by atoms with E-state index in [1.165, 1.54) is 42.4 Å². The van der Waals surface area contributed by atoms with Gasteiger partial charge in [0.1, 0.15) is 12.4 Å². The van der Waals surface area contributed by atoms with Crippen molar-refractivity contribution in [2.45, 2.75) is 59.0 Å². The minimum absolute atomic E-state index is 0.331. The summed E-state index contributed by atoms with van der Waals surface area (Å²) in [4.78, 5) is 4.64. The van der Waals surface area contributed by atoms with E-state index in [2.05, 4.69) is 48.3 Å². The Balaban J connectivity index is 1.37. The molecule has 0 spiro atoms. The van der Waals surface area contributed by atoms with Crippen molar-refractivity contribution in [3.8, 4) is 5.75 Å². The van der Waals surface area contributed by atoms with Gasteiger partial charge in [0, 0.05) is 12.8 Å². The van der Waals surface area contributed by atoms with E-state index in [-0.39, 0.29) is 0 Å². The second-order valence-corrected chi connectivity index (χ2v) is 8.34. The third-order valence-electron chi connectivity index (χ3n) is 5.81. The third kappa shape index (κ3) is 4.61. The van der Waals surface area contributed by atoms with E-state index >= 15 is 0 Å². The first-order chi connectivity index (χ1) is 13.6. The van der Waals surface area contributed by atoms with Gasteiger partial charge in [0.15, 0.2) is 5.82 Å². The number of nitrogens with zero attached hydrogens (tertiary/aromatic N) is 2. The zero-order valence-electron chi connectivity index (χ0n) is 16.8. The lowest BCUT2D eigenvalue weighted by atomic mass is 9.85. The summed E-state index contributed by atoms with van der Waals surface area (Å²) in [6.07, 6.45) is 6.73. The maximum atomic E-state index is 5.92. The van der Waals surface area contributed by atoms with E-state index in [0.717, 1.165) is 23.9 Å². The van der Waals surface area contributed by atoms with Gasteiger partial charge in [0.05, 0.1) is 0 Å². The van der Waals surface area contributed by atoms with Crippen LogP contribution in [0.2, 0.25) is 0 Å². The van der Waals surface area contributed by atoms with E-state index in [1.807, 2.05) is 24.3 Å². The Bertz CT molecular complexity index is 911. The average Bonchev–Trinajstić information content (AvgIpc) is 3.32. The minimum atomic E-state index is 0.331. The molecule has 0 unspecified atom stereocenters. The SMILES string of the molecule is Cc1cc(OCc2ccccc2)ccc1Cc1noc(CC2(C)CCCC2)n1. The molecule has 0 radical (unpaired) electrons. The molecule has 1 heterocycles. The first-order valence-electron chi connectivity index (χ1n) is 10.2. The molecule has 1 saturated carbocycles. The standard InChI is InChI=1S/C24H28N2O2/c1-18-14-21(27-17-19-8-4-3-5-9-19)11-10-20(18)15-22-25-23(28-26-22)16-24(2)12-6-7-13-24/h3-5,8-11,14H,6-7,12-13,15-17H2,1-2H3. The lowest BCUT2D eigenvalue weighted by Gasteiger charge is -2.20. The first-order valence-corrected chi connectivity index (χ1v) is 10.2. The Morgan fingerprint density at radius 2 is 1.86 bits per heavy atom. The highest BCUT2D eigenvalue weighted by Crippen LogP contribution is 2.40. The lowest BCUT2D eigenvalue weighted by molar-refractivity contribution is 0.276. The number of rotatable bonds is 7. The van der Waals surface area contributed by atoms with Crippen LogP contribution in [0.15, 0.2) is 53.1 Å². The Morgan fingerprint density at radius 1 is 1.07 bits per heavy atom. The van der Waals surface area contributed by atoms with Gasteiger partial charge < -0.3 is 9.26 Å². The number of aryl methyl sites for hydroxylation is 1. The van der Waals surface area contributed by atoms with Gasteiger partial charge in [-0.3, -0.25) is 0 Å². The molecule has 4 heteroatoms. The Morgan fingerprint density at radius 3 is 2.61 bits per heavy atom. The molecule has 4 rings (SSSR count). The van der Waals surface area contributed by atoms with Crippen LogP contribution >= 0.6 is 0 Å². The molecule has 0 bridgehead atoms. The number of benzene rings is 2. The van der Waals surface area contributed by atoms with Crippen LogP contribution in [0.1, 0.15) is 61.0 Å². The molecule has 1 aliphatic rings. The molecule has 3 aromatic rings. The van der Waals surface area contributed by atoms with Crippen LogP contribution < -0.4 is 4.74 Å². The van der Waals surface area contributed by atoms with Gasteiger partial charge in [0.25, 0.3) is 0 Å². The fourth-order valence-electron chi connectivity index (χ4n) is 4.07. The van der Waals surface area contributed by atoms with Gasteiger partial charge in [-0.15, -0.1) is 0 Å². The smallest absolute Gasteiger partial charge is 0.227 e. The van der Waals surface area contributed by atoms with Gasteiger partial charge >= 0.3 is 0 Å². The minimum Gasteiger partial charge on any atom is -0.489 e. The highest BCUT2D eigenvalue weighted by Gasteiger charge is 2.31. The number of ether oxygens (including phenoxy) is 1. The molecule has 4 nitrogen and oxygen atoms in total. The molecule has 28 heavy (non-hydrogen) atoms. The summed E-state index contributed by atoms with van der Waals surface area (Å²) >= 11 is 0. The van der Waals surface area contributed by atoms with Crippen molar-refractivity contribution in [2.75, 3.05) is 0 Å². The summed E-state index contributed by atoms with van der Waals surface area (Å²) in [5, 5.41) is 4.21. The molecule has 1 fully saturated rings. The van der Waals surface area contributed by atoms with Gasteiger partial charge in [-0.1, -0.05) is 61.3 Å². The summed E-state index contributed by atoms with van der Waals surface area (Å²) in [6.45, 7) is 5.01. The molecule has 0 N–H and O–H groups in total. The molecule has 0 aliphatic heterocycles. The second kappa shape index (κ2) is 8.17. The molecule has 146 valence electrons. The highest BCUT2D eigenvalue weighted by atomic mass is 16.5. The maximum Gasteiger partial charge on any atom is 0.227 e. The van der Waals surface area contributed by atoms with Gasteiger partial charge in [-0.05, 0) is 54.0 Å². The van der Waals surface area contributed by atoms with Gasteiger partial charge in [0.2, 0.25) is 5.89 Å². The number of aromatic nitrogens is 2. The first kappa shape index (κ1) is 18.7. The van der Waals surface area contributed by atoms with Crippen LogP contribution in [0.3, 0.4) is 0 Å². The van der Waals surface area contributed by atoms with Crippen molar-refractivity contribution in [1.82, 2.24) is 10.1 Å². The predicted octanol–water partition coefficient (Wildman–Crippen LogP) is 5.67. The normalized spacial score (nSPS) is 15.6. The molecule has 2 aromatic carbocycles. The van der Waals surface area contributed by atoms with E-state index < -0.39 is 0 Å². The zero-order chi connectivity index (χ0) is 19.4. The van der Waals surface area contributed by atoms with Crippen LogP contribution in [-0.4, -0.2) is 10.1 Å². The fourth-order valence-corrected chi connectivity index (χ4v) is 4.07. The summed E-state index contributed by atoms with van der Waals surface area (Å²) in [5.41, 5.74) is 3.88. The monoisotopic (exact) mass is 376 g/mol. The van der Waals surface area contributed by atoms with Crippen LogP contribution in [-0.2, 0) is 19.4 Å². The van der Waals surface area contributed by atoms with Crippen LogP contribution in [0, 0.1) is 12.3 Å². The molecule has 1 aliphatic carbocycles. The molecule has 0 atom stereocenters. The van der Waals surface area contributed by atoms with Crippen molar-refractivity contribution in [3.63, 3.8) is 0 Å². The maximum absolute atomic E-state index is 5.92. The molecule has 1 aromatic heterocycles. The number of hydrogen-bond acceptors (Lipinski definition) is 4. The van der Waals surface area contributed by atoms with Crippen LogP contribution in [0.25, 0.3) is 0 Å². The predicted molar refractivity (Wildman–Crippen MR) is 109 cm³/mol. The second-order valence-electron chi connectivity index (χ2n) is 8.34. The molecule has 0 saturated heterocycles. The van der Waals surface area contributed by atoms with Gasteiger partial charge in [-0.2, -0.15) is 4.98 Å². The van der Waals surface area contributed by atoms with Crippen molar-refractivity contribution >= 4 is 0 Å². The summed E-state index contributed by atoms with van der Waals surface area (Å²) in [7, 11) is 0. The van der Waals surface area contributed by atoms with Crippen LogP contribution in [0.4, 0.5) is 0 Å². The van der Waals surface area contributed by atoms with E-state index in [4.69, 9.17) is 9.26 Å². The molecular formula is C24H28N2O2. The largest absolute Gasteiger partial charge is 0.489 e. The fraction of sp³-hybridized carbons (Fsp3) is 0.417. The molecular weight excluding hydrogens is 348 g/mol. The van der Waals surface area contributed by atoms with E-state index in [0.29, 0.717) is 18.4 Å². The van der Waals surface area contributed by atoms with Crippen molar-refractivity contribution in [3.05, 3.63) is 76.9 Å². The topological polar surface area (TPSA) is 48.2 Å². The number of hydrogen-bond donors (Lipinski definition) is 0. The van der Waals surface area contributed by atoms with E-state index in [1.54, 1.807) is 0 Å². The van der Waals surface area contributed by atoms with Crippen LogP contribution in [0.5, 0.6) is 5.75 Å². The Kier molecular flexibility index (Phi) is 5.47. The third-order valence-corrected chi connectivity index (χ3v) is 5.81. The van der Waals surface area contributed by atoms with Gasteiger partial charge in [-0.25, -0.2) is 0 Å². The lowest BCUT2D eigenvalue weighted by Crippen LogP contribution is -2.14. The highest BCUT2D eigenvalue weighted by molar-refractivity contribution is 5.36. The summed E-state index contributed by atoms with van der Waals surface area (Å²) < 4.78 is 11.4. The van der Waals surface area contributed by atoms with Crippen molar-refractivity contribution < 1.29 is 9.26 Å². The van der Waals surface area contributed by atoms with E-state index in [9.17, 15) is 0 Å². The Labute approximate surface area is 166 Å². The summed E-state index contributed by atoms with van der Waals surface area (Å²) in [6, 6.07) is 16.4. The quantitative estimate of drug-likeness (QED) is 0.533. The Hall–Kier alpha value is -2.62. The van der Waals surface area contributed by atoms with Crippen molar-refractivity contribution in [1.29, 1.82) is 0 Å². The van der Waals surface area contributed by atoms with Crippen molar-refractivity contribution in [2.24, 2.45) is 5.41 Å². The summed E-state index contributed by atoms with van der Waals surface area (Å²) in [5.74, 6) is 2.42.